The smallest absolute Gasteiger partial charge is 0.338 e. The van der Waals surface area contributed by atoms with Crippen LogP contribution in [0.5, 0.6) is 11.5 Å². The number of hydroxylamine groups is 2. The van der Waals surface area contributed by atoms with Crippen LogP contribution in [0.3, 0.4) is 0 Å². The molecule has 5 rings (SSSR count). The van der Waals surface area contributed by atoms with E-state index in [2.05, 4.69) is 11.4 Å². The maximum absolute atomic E-state index is 13.6. The topological polar surface area (TPSA) is 172 Å². The van der Waals surface area contributed by atoms with Gasteiger partial charge in [0, 0.05) is 24.9 Å². The number of methoxy groups -OCH3 is 1. The van der Waals surface area contributed by atoms with Crippen LogP contribution in [0.1, 0.15) is 80.6 Å². The van der Waals surface area contributed by atoms with Crippen LogP contribution in [0.25, 0.3) is 0 Å². The minimum atomic E-state index is -0.849. The van der Waals surface area contributed by atoms with E-state index in [0.717, 1.165) is 12.8 Å². The highest BCUT2D eigenvalue weighted by molar-refractivity contribution is 6.02. The zero-order valence-corrected chi connectivity index (χ0v) is 23.0. The Labute approximate surface area is 236 Å². The molecule has 1 aromatic rings. The van der Waals surface area contributed by atoms with Crippen molar-refractivity contribution in [3.63, 3.8) is 0 Å². The molecule has 3 amide bonds. The highest BCUT2D eigenvalue weighted by Gasteiger charge is 2.53. The SMILES string of the molecule is COc1cc(C#N)c(OC2CCC(C)(C(=O)O)CC2)cc1C(=O)N[C@@H]1[C@H]2CC[C@H](C2)[C@@H]1C(=O)ON1C(=O)CCC1=O. The summed E-state index contributed by atoms with van der Waals surface area (Å²) >= 11 is 0. The first-order valence-electron chi connectivity index (χ1n) is 13.9. The number of ether oxygens (including phenoxy) is 2. The number of fused-ring (bicyclic) bond motifs is 2. The first-order chi connectivity index (χ1) is 19.5. The molecule has 12 nitrogen and oxygen atoms in total. The predicted octanol–water partition coefficient (Wildman–Crippen LogP) is 2.73. The Morgan fingerprint density at radius 2 is 1.71 bits per heavy atom. The summed E-state index contributed by atoms with van der Waals surface area (Å²) in [6, 6.07) is 4.36. The maximum atomic E-state index is 13.6. The van der Waals surface area contributed by atoms with Crippen LogP contribution in [-0.2, 0) is 24.0 Å². The molecule has 0 unspecified atom stereocenters. The molecule has 2 N–H and O–H groups in total. The summed E-state index contributed by atoms with van der Waals surface area (Å²) in [6.07, 6.45) is 3.79. The highest BCUT2D eigenvalue weighted by atomic mass is 16.7. The number of rotatable bonds is 8. The van der Waals surface area contributed by atoms with Crippen molar-refractivity contribution < 1.29 is 43.4 Å². The van der Waals surface area contributed by atoms with Crippen LogP contribution in [0.2, 0.25) is 0 Å². The van der Waals surface area contributed by atoms with Crippen LogP contribution in [0.15, 0.2) is 12.1 Å². The van der Waals surface area contributed by atoms with Gasteiger partial charge in [-0.1, -0.05) is 0 Å². The van der Waals surface area contributed by atoms with E-state index in [-0.39, 0.29) is 53.4 Å². The summed E-state index contributed by atoms with van der Waals surface area (Å²) < 4.78 is 11.5. The normalized spacial score (nSPS) is 30.6. The van der Waals surface area contributed by atoms with Gasteiger partial charge in [0.15, 0.2) is 0 Å². The van der Waals surface area contributed by atoms with Gasteiger partial charge in [-0.15, -0.1) is 5.06 Å². The number of carbonyl (C=O) groups excluding carboxylic acids is 4. The van der Waals surface area contributed by atoms with E-state index >= 15 is 0 Å². The molecule has 4 atom stereocenters. The van der Waals surface area contributed by atoms with E-state index in [1.165, 1.54) is 19.2 Å². The Bertz CT molecular complexity index is 1310. The number of imide groups is 1. The summed E-state index contributed by atoms with van der Waals surface area (Å²) in [7, 11) is 1.38. The van der Waals surface area contributed by atoms with Crippen LogP contribution in [-0.4, -0.2) is 59.1 Å². The van der Waals surface area contributed by atoms with Gasteiger partial charge in [-0.2, -0.15) is 5.26 Å². The Hall–Kier alpha value is -4.14. The van der Waals surface area contributed by atoms with Gasteiger partial charge in [-0.05, 0) is 69.8 Å². The maximum Gasteiger partial charge on any atom is 0.338 e. The van der Waals surface area contributed by atoms with Crippen molar-refractivity contribution in [2.45, 2.75) is 76.9 Å². The largest absolute Gasteiger partial charge is 0.496 e. The predicted molar refractivity (Wildman–Crippen MR) is 139 cm³/mol. The third-order valence-corrected chi connectivity index (χ3v) is 9.19. The van der Waals surface area contributed by atoms with E-state index in [1.54, 1.807) is 6.92 Å². The second kappa shape index (κ2) is 11.0. The molecule has 3 aliphatic carbocycles. The second-order valence-electron chi connectivity index (χ2n) is 11.7. The molecule has 0 spiro atoms. The molecule has 4 fully saturated rings. The average molecular weight is 568 g/mol. The van der Waals surface area contributed by atoms with Crippen molar-refractivity contribution in [3.8, 4) is 17.6 Å². The van der Waals surface area contributed by atoms with Crippen molar-refractivity contribution in [1.29, 1.82) is 5.26 Å². The zero-order chi connectivity index (χ0) is 29.5. The van der Waals surface area contributed by atoms with Gasteiger partial charge < -0.3 is 24.7 Å². The number of carboxylic acid groups (broad SMARTS) is 1. The van der Waals surface area contributed by atoms with E-state index in [4.69, 9.17) is 14.3 Å². The van der Waals surface area contributed by atoms with Gasteiger partial charge in [0.05, 0.1) is 35.7 Å². The Balaban J connectivity index is 1.33. The number of amides is 3. The van der Waals surface area contributed by atoms with Gasteiger partial charge in [-0.25, -0.2) is 4.79 Å². The fourth-order valence-corrected chi connectivity index (χ4v) is 6.71. The number of hydrogen-bond donors (Lipinski definition) is 2. The number of nitrogens with zero attached hydrogens (tertiary/aromatic N) is 2. The molecular weight excluding hydrogens is 534 g/mol. The Morgan fingerprint density at radius 3 is 2.32 bits per heavy atom. The van der Waals surface area contributed by atoms with E-state index in [0.29, 0.717) is 37.2 Å². The summed E-state index contributed by atoms with van der Waals surface area (Å²) in [5.41, 5.74) is -0.532. The molecule has 1 aromatic carbocycles. The number of nitriles is 1. The standard InChI is InChI=1S/C29H33N3O9/c1-29(28(37)38)9-7-18(8-10-29)40-20-13-19(21(39-2)12-17(20)14-30)26(35)31-25-16-4-3-15(11-16)24(25)27(36)41-32-22(33)5-6-23(32)34/h12-13,15-16,18,24-25H,3-11H2,1-2H3,(H,31,35)(H,37,38)/t15-,16+,18?,24+,25-,29?/m1/s1. The molecule has 218 valence electrons. The molecule has 3 saturated carbocycles. The van der Waals surface area contributed by atoms with Crippen molar-refractivity contribution in [1.82, 2.24) is 10.4 Å². The summed E-state index contributed by atoms with van der Waals surface area (Å²) in [5, 5.41) is 22.7. The van der Waals surface area contributed by atoms with E-state index in [9.17, 15) is 34.3 Å². The molecule has 41 heavy (non-hydrogen) atoms. The van der Waals surface area contributed by atoms with E-state index in [1.807, 2.05) is 0 Å². The minimum absolute atomic E-state index is 0.00831. The second-order valence-corrected chi connectivity index (χ2v) is 11.7. The van der Waals surface area contributed by atoms with E-state index < -0.39 is 47.0 Å². The number of hydrogen-bond acceptors (Lipinski definition) is 9. The average Bonchev–Trinajstić information content (AvgIpc) is 3.65. The molecule has 1 aliphatic heterocycles. The molecule has 12 heteroatoms. The number of carbonyl (C=O) groups is 5. The van der Waals surface area contributed by atoms with Gasteiger partial charge in [0.2, 0.25) is 0 Å². The minimum Gasteiger partial charge on any atom is -0.496 e. The van der Waals surface area contributed by atoms with Gasteiger partial charge >= 0.3 is 11.9 Å². The Morgan fingerprint density at radius 1 is 1.05 bits per heavy atom. The molecule has 0 aromatic heterocycles. The molecular formula is C29H33N3O9. The van der Waals surface area contributed by atoms with Crippen LogP contribution >= 0.6 is 0 Å². The third kappa shape index (κ3) is 5.33. The third-order valence-electron chi connectivity index (χ3n) is 9.19. The van der Waals surface area contributed by atoms with Crippen LogP contribution in [0.4, 0.5) is 0 Å². The quantitative estimate of drug-likeness (QED) is 0.445. The Kier molecular flexibility index (Phi) is 7.64. The lowest BCUT2D eigenvalue weighted by Gasteiger charge is -2.34. The van der Waals surface area contributed by atoms with Crippen molar-refractivity contribution in [2.24, 2.45) is 23.2 Å². The lowest BCUT2D eigenvalue weighted by atomic mass is 9.75. The molecule has 2 bridgehead atoms. The summed E-state index contributed by atoms with van der Waals surface area (Å²) in [6.45, 7) is 1.71. The van der Waals surface area contributed by atoms with Gasteiger partial charge in [-0.3, -0.25) is 19.2 Å². The number of nitrogens with one attached hydrogen (secondary N) is 1. The first-order valence-corrected chi connectivity index (χ1v) is 13.9. The fraction of sp³-hybridized carbons (Fsp3) is 0.586. The molecule has 4 aliphatic rings. The summed E-state index contributed by atoms with van der Waals surface area (Å²) in [4.78, 5) is 67.5. The molecule has 0 radical (unpaired) electrons. The molecule has 1 saturated heterocycles. The highest BCUT2D eigenvalue weighted by Crippen LogP contribution is 2.49. The van der Waals surface area contributed by atoms with Gasteiger partial charge in [0.1, 0.15) is 17.6 Å². The van der Waals surface area contributed by atoms with Crippen LogP contribution in [0, 0.1) is 34.5 Å². The lowest BCUT2D eigenvalue weighted by Crippen LogP contribution is -2.48. The lowest BCUT2D eigenvalue weighted by molar-refractivity contribution is -0.202. The van der Waals surface area contributed by atoms with Crippen LogP contribution < -0.4 is 14.8 Å². The fourth-order valence-electron chi connectivity index (χ4n) is 6.71. The molecule has 1 heterocycles. The van der Waals surface area contributed by atoms with Crippen molar-refractivity contribution >= 4 is 29.7 Å². The number of aliphatic carboxylic acids is 1. The van der Waals surface area contributed by atoms with Crippen molar-refractivity contribution in [2.75, 3.05) is 7.11 Å². The first kappa shape index (κ1) is 28.4. The monoisotopic (exact) mass is 567 g/mol. The number of benzene rings is 1. The van der Waals surface area contributed by atoms with Crippen molar-refractivity contribution in [3.05, 3.63) is 23.3 Å². The zero-order valence-electron chi connectivity index (χ0n) is 23.0. The number of carboxylic acids is 1. The van der Waals surface area contributed by atoms with Gasteiger partial charge in [0.25, 0.3) is 17.7 Å². The summed E-state index contributed by atoms with van der Waals surface area (Å²) in [5.74, 6) is -3.60.